The summed E-state index contributed by atoms with van der Waals surface area (Å²) in [5.41, 5.74) is 0.822. The van der Waals surface area contributed by atoms with Gasteiger partial charge in [0.1, 0.15) is 24.3 Å². The maximum atomic E-state index is 12.6. The smallest absolute Gasteiger partial charge is 0.408 e. The molecule has 0 saturated carbocycles. The number of amides is 2. The second-order valence-electron chi connectivity index (χ2n) is 7.24. The van der Waals surface area contributed by atoms with Crippen LogP contribution in [0.2, 0.25) is 0 Å². The van der Waals surface area contributed by atoms with Crippen molar-refractivity contribution in [2.45, 2.75) is 46.3 Å². The number of nitrogens with zero attached hydrogens (tertiary/aromatic N) is 3. The number of rotatable bonds is 5. The van der Waals surface area contributed by atoms with Crippen LogP contribution in [0.15, 0.2) is 36.9 Å². The van der Waals surface area contributed by atoms with Crippen LogP contribution in [-0.4, -0.2) is 38.4 Å². The van der Waals surface area contributed by atoms with E-state index in [1.54, 1.807) is 43.9 Å². The number of hydrogen-bond acceptors (Lipinski definition) is 5. The minimum absolute atomic E-state index is 0.100. The number of nitrogens with one attached hydrogen (secondary N) is 2. The summed E-state index contributed by atoms with van der Waals surface area (Å²) in [5.74, 6) is -0.406. The number of aromatic nitrogens is 3. The quantitative estimate of drug-likeness (QED) is 0.855. The summed E-state index contributed by atoms with van der Waals surface area (Å²) >= 11 is 0. The second-order valence-corrected chi connectivity index (χ2v) is 7.24. The highest BCUT2D eigenvalue weighted by atomic mass is 16.6. The van der Waals surface area contributed by atoms with Gasteiger partial charge in [-0.05, 0) is 51.0 Å². The van der Waals surface area contributed by atoms with Crippen LogP contribution in [0.5, 0.6) is 0 Å². The number of hydrogen-bond donors (Lipinski definition) is 2. The molecule has 0 fully saturated rings. The van der Waals surface area contributed by atoms with Crippen LogP contribution >= 0.6 is 0 Å². The van der Waals surface area contributed by atoms with Gasteiger partial charge in [0.15, 0.2) is 0 Å². The van der Waals surface area contributed by atoms with Crippen LogP contribution in [0.1, 0.15) is 34.6 Å². The molecule has 0 bridgehead atoms. The van der Waals surface area contributed by atoms with Crippen molar-refractivity contribution in [1.29, 1.82) is 0 Å². The summed E-state index contributed by atoms with van der Waals surface area (Å²) in [4.78, 5) is 28.4. The zero-order valence-corrected chi connectivity index (χ0v) is 15.7. The Morgan fingerprint density at radius 2 is 1.81 bits per heavy atom. The molecule has 1 aromatic heterocycles. The molecule has 2 amide bonds. The summed E-state index contributed by atoms with van der Waals surface area (Å²) in [6, 6.07) is 6.45. The van der Waals surface area contributed by atoms with Gasteiger partial charge in [-0.15, -0.1) is 0 Å². The third kappa shape index (κ3) is 5.58. The molecular formula is C18H25N5O3. The number of ether oxygens (including phenoxy) is 1. The number of carbonyl (C=O) groups excluding carboxylic acids is 2. The monoisotopic (exact) mass is 359 g/mol. The Morgan fingerprint density at radius 3 is 2.31 bits per heavy atom. The van der Waals surface area contributed by atoms with Crippen molar-refractivity contribution in [1.82, 2.24) is 20.1 Å². The summed E-state index contributed by atoms with van der Waals surface area (Å²) in [6.07, 6.45) is 2.42. The average molecular weight is 359 g/mol. The standard InChI is InChI=1S/C18H25N5O3/c1-12(2)15(22-17(25)26-18(3,4)5)16(24)21-13-6-8-14(9-7-13)23-11-19-10-20-23/h6-12,15H,1-5H3,(H,21,24)(H,22,25). The van der Waals surface area contributed by atoms with Crippen LogP contribution < -0.4 is 10.6 Å². The Morgan fingerprint density at radius 1 is 1.15 bits per heavy atom. The number of benzene rings is 1. The molecule has 0 spiro atoms. The summed E-state index contributed by atoms with van der Waals surface area (Å²) in [5, 5.41) is 9.49. The maximum absolute atomic E-state index is 12.6. The Balaban J connectivity index is 2.02. The maximum Gasteiger partial charge on any atom is 0.408 e. The molecule has 1 atom stereocenters. The molecule has 8 nitrogen and oxygen atoms in total. The van der Waals surface area contributed by atoms with Crippen LogP contribution in [0.4, 0.5) is 10.5 Å². The van der Waals surface area contributed by atoms with Gasteiger partial charge in [-0.2, -0.15) is 5.10 Å². The van der Waals surface area contributed by atoms with Crippen molar-refractivity contribution in [3.05, 3.63) is 36.9 Å². The Labute approximate surface area is 153 Å². The minimum atomic E-state index is -0.708. The highest BCUT2D eigenvalue weighted by molar-refractivity contribution is 5.96. The fraction of sp³-hybridized carbons (Fsp3) is 0.444. The van der Waals surface area contributed by atoms with Crippen LogP contribution in [0.3, 0.4) is 0 Å². The highest BCUT2D eigenvalue weighted by Gasteiger charge is 2.27. The lowest BCUT2D eigenvalue weighted by Gasteiger charge is -2.25. The fourth-order valence-corrected chi connectivity index (χ4v) is 2.23. The van der Waals surface area contributed by atoms with Crippen molar-refractivity contribution in [2.24, 2.45) is 5.92 Å². The Kier molecular flexibility index (Phi) is 5.97. The SMILES string of the molecule is CC(C)C(NC(=O)OC(C)(C)C)C(=O)Nc1ccc(-n2cncn2)cc1. The first-order valence-electron chi connectivity index (χ1n) is 8.41. The summed E-state index contributed by atoms with van der Waals surface area (Å²) in [7, 11) is 0. The zero-order chi connectivity index (χ0) is 19.3. The normalized spacial score (nSPS) is 12.5. The van der Waals surface area contributed by atoms with E-state index in [-0.39, 0.29) is 11.8 Å². The molecule has 2 aromatic rings. The van der Waals surface area contributed by atoms with Gasteiger partial charge < -0.3 is 15.4 Å². The van der Waals surface area contributed by atoms with E-state index < -0.39 is 17.7 Å². The summed E-state index contributed by atoms with van der Waals surface area (Å²) < 4.78 is 6.85. The molecule has 8 heteroatoms. The number of anilines is 1. The predicted molar refractivity (Wildman–Crippen MR) is 98.0 cm³/mol. The lowest BCUT2D eigenvalue weighted by molar-refractivity contribution is -0.119. The van der Waals surface area contributed by atoms with Gasteiger partial charge in [-0.1, -0.05) is 13.8 Å². The minimum Gasteiger partial charge on any atom is -0.444 e. The van der Waals surface area contributed by atoms with Gasteiger partial charge in [0.25, 0.3) is 0 Å². The third-order valence-electron chi connectivity index (χ3n) is 3.44. The third-order valence-corrected chi connectivity index (χ3v) is 3.44. The van der Waals surface area contributed by atoms with Crippen molar-refractivity contribution in [2.75, 3.05) is 5.32 Å². The molecule has 0 saturated heterocycles. The topological polar surface area (TPSA) is 98.1 Å². The largest absolute Gasteiger partial charge is 0.444 e. The van der Waals surface area contributed by atoms with E-state index in [2.05, 4.69) is 20.7 Å². The predicted octanol–water partition coefficient (Wildman–Crippen LogP) is 2.76. The van der Waals surface area contributed by atoms with E-state index in [0.29, 0.717) is 5.69 Å². The van der Waals surface area contributed by atoms with Gasteiger partial charge >= 0.3 is 6.09 Å². The zero-order valence-electron chi connectivity index (χ0n) is 15.7. The molecular weight excluding hydrogens is 334 g/mol. The fourth-order valence-electron chi connectivity index (χ4n) is 2.23. The molecule has 2 rings (SSSR count). The van der Waals surface area contributed by atoms with Crippen molar-refractivity contribution in [3.8, 4) is 5.69 Å². The molecule has 1 unspecified atom stereocenters. The van der Waals surface area contributed by atoms with Gasteiger partial charge in [-0.3, -0.25) is 4.79 Å². The molecule has 0 aliphatic heterocycles. The van der Waals surface area contributed by atoms with E-state index in [9.17, 15) is 9.59 Å². The van der Waals surface area contributed by atoms with E-state index in [1.165, 1.54) is 6.33 Å². The van der Waals surface area contributed by atoms with E-state index in [1.807, 2.05) is 26.0 Å². The first kappa shape index (κ1) is 19.4. The van der Waals surface area contributed by atoms with Crippen LogP contribution in [0, 0.1) is 5.92 Å². The summed E-state index contributed by atoms with van der Waals surface area (Å²) in [6.45, 7) is 9.03. The first-order chi connectivity index (χ1) is 12.2. The molecule has 0 radical (unpaired) electrons. The average Bonchev–Trinajstić information content (AvgIpc) is 3.05. The van der Waals surface area contributed by atoms with Crippen LogP contribution in [-0.2, 0) is 9.53 Å². The van der Waals surface area contributed by atoms with Gasteiger partial charge in [0.05, 0.1) is 5.69 Å². The second kappa shape index (κ2) is 7.99. The van der Waals surface area contributed by atoms with E-state index in [0.717, 1.165) is 5.69 Å². The van der Waals surface area contributed by atoms with Crippen molar-refractivity contribution >= 4 is 17.7 Å². The van der Waals surface area contributed by atoms with Crippen molar-refractivity contribution < 1.29 is 14.3 Å². The highest BCUT2D eigenvalue weighted by Crippen LogP contribution is 2.14. The lowest BCUT2D eigenvalue weighted by atomic mass is 10.0. The van der Waals surface area contributed by atoms with E-state index in [4.69, 9.17) is 4.74 Å². The molecule has 1 aromatic carbocycles. The molecule has 0 aliphatic carbocycles. The van der Waals surface area contributed by atoms with Gasteiger partial charge in [0.2, 0.25) is 5.91 Å². The van der Waals surface area contributed by atoms with Crippen LogP contribution in [0.25, 0.3) is 5.69 Å². The number of alkyl carbamates (subject to hydrolysis) is 1. The molecule has 0 aliphatic rings. The molecule has 1 heterocycles. The first-order valence-corrected chi connectivity index (χ1v) is 8.41. The molecule has 2 N–H and O–H groups in total. The Bertz CT molecular complexity index is 733. The number of carbonyl (C=O) groups is 2. The van der Waals surface area contributed by atoms with E-state index >= 15 is 0 Å². The van der Waals surface area contributed by atoms with Gasteiger partial charge in [-0.25, -0.2) is 14.5 Å². The Hall–Kier alpha value is -2.90. The molecule has 140 valence electrons. The van der Waals surface area contributed by atoms with Crippen molar-refractivity contribution in [3.63, 3.8) is 0 Å². The lowest BCUT2D eigenvalue weighted by Crippen LogP contribution is -2.48. The van der Waals surface area contributed by atoms with Gasteiger partial charge in [0, 0.05) is 5.69 Å². The molecule has 26 heavy (non-hydrogen) atoms.